The van der Waals surface area contributed by atoms with Crippen LogP contribution in [0, 0.1) is 6.92 Å². The molecular weight excluding hydrogens is 222 g/mol. The molecule has 0 fully saturated rings. The van der Waals surface area contributed by atoms with Crippen molar-refractivity contribution in [2.45, 2.75) is 15.6 Å². The summed E-state index contributed by atoms with van der Waals surface area (Å²) in [5.74, 6) is 0. The van der Waals surface area contributed by atoms with Gasteiger partial charge < -0.3 is 5.73 Å². The molecule has 2 N–H and O–H groups in total. The zero-order valence-electron chi connectivity index (χ0n) is 6.85. The lowest BCUT2D eigenvalue weighted by atomic mass is 10.6. The van der Waals surface area contributed by atoms with Gasteiger partial charge in [0.2, 0.25) is 0 Å². The SMILES string of the molecule is Cc1csc(Sc2ncc(N)s2)n1. The number of rotatable bonds is 2. The Morgan fingerprint density at radius 2 is 2.31 bits per heavy atom. The Morgan fingerprint density at radius 1 is 1.46 bits per heavy atom. The number of nitrogens with zero attached hydrogens (tertiary/aromatic N) is 2. The van der Waals surface area contributed by atoms with E-state index in [1.165, 1.54) is 11.3 Å². The van der Waals surface area contributed by atoms with Crippen molar-refractivity contribution in [3.63, 3.8) is 0 Å². The summed E-state index contributed by atoms with van der Waals surface area (Å²) in [6, 6.07) is 0. The zero-order valence-corrected chi connectivity index (χ0v) is 9.30. The highest BCUT2D eigenvalue weighted by molar-refractivity contribution is 8.02. The van der Waals surface area contributed by atoms with Crippen LogP contribution in [0.4, 0.5) is 5.00 Å². The van der Waals surface area contributed by atoms with E-state index in [0.29, 0.717) is 0 Å². The second-order valence-electron chi connectivity index (χ2n) is 2.39. The molecule has 0 saturated heterocycles. The van der Waals surface area contributed by atoms with Crippen LogP contribution in [-0.4, -0.2) is 9.97 Å². The van der Waals surface area contributed by atoms with Crippen LogP contribution in [0.15, 0.2) is 20.3 Å². The Bertz CT molecular complexity index is 368. The van der Waals surface area contributed by atoms with E-state index in [2.05, 4.69) is 9.97 Å². The van der Waals surface area contributed by atoms with E-state index < -0.39 is 0 Å². The summed E-state index contributed by atoms with van der Waals surface area (Å²) in [6.07, 6.45) is 1.67. The minimum atomic E-state index is 0.746. The molecule has 0 aromatic carbocycles. The molecule has 0 spiro atoms. The maximum atomic E-state index is 5.56. The molecule has 3 nitrogen and oxygen atoms in total. The normalized spacial score (nSPS) is 10.5. The molecule has 0 bridgehead atoms. The summed E-state index contributed by atoms with van der Waals surface area (Å²) in [6.45, 7) is 1.98. The molecule has 0 radical (unpaired) electrons. The number of nitrogens with two attached hydrogens (primary N) is 1. The molecule has 2 aromatic heterocycles. The molecule has 13 heavy (non-hydrogen) atoms. The predicted molar refractivity (Wildman–Crippen MR) is 57.5 cm³/mol. The fourth-order valence-corrected chi connectivity index (χ4v) is 3.57. The molecule has 0 aliphatic heterocycles. The maximum absolute atomic E-state index is 5.56. The van der Waals surface area contributed by atoms with Crippen molar-refractivity contribution in [2.75, 3.05) is 5.73 Å². The van der Waals surface area contributed by atoms with Crippen LogP contribution < -0.4 is 5.73 Å². The van der Waals surface area contributed by atoms with Crippen molar-refractivity contribution >= 4 is 39.4 Å². The molecule has 68 valence electrons. The Labute approximate surface area is 88.0 Å². The van der Waals surface area contributed by atoms with Crippen molar-refractivity contribution in [2.24, 2.45) is 0 Å². The number of hydrogen-bond donors (Lipinski definition) is 1. The lowest BCUT2D eigenvalue weighted by molar-refractivity contribution is 1.15. The molecule has 0 atom stereocenters. The van der Waals surface area contributed by atoms with E-state index in [4.69, 9.17) is 5.73 Å². The average molecular weight is 229 g/mol. The Morgan fingerprint density at radius 3 is 2.85 bits per heavy atom. The number of aromatic nitrogens is 2. The quantitative estimate of drug-likeness (QED) is 0.860. The molecule has 2 rings (SSSR count). The van der Waals surface area contributed by atoms with Gasteiger partial charge in [-0.2, -0.15) is 0 Å². The Balaban J connectivity index is 2.14. The number of nitrogen functional groups attached to an aromatic ring is 1. The molecule has 0 aliphatic carbocycles. The van der Waals surface area contributed by atoms with Crippen LogP contribution in [0.1, 0.15) is 5.69 Å². The molecule has 2 heterocycles. The summed E-state index contributed by atoms with van der Waals surface area (Å²) < 4.78 is 1.97. The fraction of sp³-hybridized carbons (Fsp3) is 0.143. The second-order valence-corrected chi connectivity index (χ2v) is 5.80. The maximum Gasteiger partial charge on any atom is 0.158 e. The van der Waals surface area contributed by atoms with Crippen LogP contribution in [0.5, 0.6) is 0 Å². The second kappa shape index (κ2) is 3.65. The van der Waals surface area contributed by atoms with Crippen LogP contribution in [0.2, 0.25) is 0 Å². The lowest BCUT2D eigenvalue weighted by Gasteiger charge is -1.87. The highest BCUT2D eigenvalue weighted by Crippen LogP contribution is 2.33. The third-order valence-corrected chi connectivity index (χ3v) is 4.23. The first kappa shape index (κ1) is 8.98. The smallest absolute Gasteiger partial charge is 0.158 e. The first-order chi connectivity index (χ1) is 6.24. The van der Waals surface area contributed by atoms with E-state index in [-0.39, 0.29) is 0 Å². The molecule has 0 amide bonds. The molecule has 2 aromatic rings. The van der Waals surface area contributed by atoms with Gasteiger partial charge in [-0.25, -0.2) is 9.97 Å². The molecule has 6 heteroatoms. The summed E-state index contributed by atoms with van der Waals surface area (Å²) in [7, 11) is 0. The average Bonchev–Trinajstić information content (AvgIpc) is 2.62. The van der Waals surface area contributed by atoms with E-state index >= 15 is 0 Å². The van der Waals surface area contributed by atoms with E-state index in [1.54, 1.807) is 29.3 Å². The molecule has 0 unspecified atom stereocenters. The topological polar surface area (TPSA) is 51.8 Å². The van der Waals surface area contributed by atoms with Crippen LogP contribution in [0.25, 0.3) is 0 Å². The molecular formula is C7H7N3S3. The van der Waals surface area contributed by atoms with E-state index in [9.17, 15) is 0 Å². The van der Waals surface area contributed by atoms with Gasteiger partial charge in [0.1, 0.15) is 5.00 Å². The number of thiazole rings is 2. The van der Waals surface area contributed by atoms with Gasteiger partial charge >= 0.3 is 0 Å². The van der Waals surface area contributed by atoms with Gasteiger partial charge in [-0.1, -0.05) is 11.3 Å². The lowest BCUT2D eigenvalue weighted by Crippen LogP contribution is -1.73. The predicted octanol–water partition coefficient (Wildman–Crippen LogP) is 2.64. The summed E-state index contributed by atoms with van der Waals surface area (Å²) in [5, 5.41) is 2.77. The first-order valence-electron chi connectivity index (χ1n) is 3.55. The summed E-state index contributed by atoms with van der Waals surface area (Å²) in [4.78, 5) is 8.47. The number of hydrogen-bond acceptors (Lipinski definition) is 6. The monoisotopic (exact) mass is 229 g/mol. The highest BCUT2D eigenvalue weighted by Gasteiger charge is 2.04. The third kappa shape index (κ3) is 2.20. The highest BCUT2D eigenvalue weighted by atomic mass is 32.2. The fourth-order valence-electron chi connectivity index (χ4n) is 0.771. The van der Waals surface area contributed by atoms with Gasteiger partial charge in [0.05, 0.1) is 6.20 Å². The van der Waals surface area contributed by atoms with Gasteiger partial charge in [-0.15, -0.1) is 11.3 Å². The number of aryl methyl sites for hydroxylation is 1. The van der Waals surface area contributed by atoms with Crippen molar-refractivity contribution in [1.29, 1.82) is 0 Å². The largest absolute Gasteiger partial charge is 0.389 e. The van der Waals surface area contributed by atoms with Crippen molar-refractivity contribution in [1.82, 2.24) is 9.97 Å². The van der Waals surface area contributed by atoms with Crippen LogP contribution >= 0.6 is 34.4 Å². The zero-order chi connectivity index (χ0) is 9.26. The minimum Gasteiger partial charge on any atom is -0.389 e. The third-order valence-electron chi connectivity index (χ3n) is 1.27. The summed E-state index contributed by atoms with van der Waals surface area (Å²) >= 11 is 4.68. The van der Waals surface area contributed by atoms with Crippen LogP contribution in [0.3, 0.4) is 0 Å². The van der Waals surface area contributed by atoms with Crippen LogP contribution in [-0.2, 0) is 0 Å². The first-order valence-corrected chi connectivity index (χ1v) is 6.06. The summed E-state index contributed by atoms with van der Waals surface area (Å²) in [5.41, 5.74) is 6.62. The number of anilines is 1. The van der Waals surface area contributed by atoms with Crippen molar-refractivity contribution in [3.05, 3.63) is 17.3 Å². The van der Waals surface area contributed by atoms with Gasteiger partial charge in [0.15, 0.2) is 8.68 Å². The van der Waals surface area contributed by atoms with E-state index in [0.717, 1.165) is 19.4 Å². The van der Waals surface area contributed by atoms with Gasteiger partial charge in [-0.05, 0) is 18.7 Å². The van der Waals surface area contributed by atoms with Crippen molar-refractivity contribution in [3.8, 4) is 0 Å². The molecule has 0 aliphatic rings. The minimum absolute atomic E-state index is 0.746. The Kier molecular flexibility index (Phi) is 2.52. The molecule has 0 saturated carbocycles. The van der Waals surface area contributed by atoms with E-state index in [1.807, 2.05) is 12.3 Å². The standard InChI is InChI=1S/C7H7N3S3/c1-4-3-11-7(10-4)13-6-9-2-5(8)12-6/h2-3H,8H2,1H3. The van der Waals surface area contributed by atoms with Gasteiger partial charge in [0.25, 0.3) is 0 Å². The van der Waals surface area contributed by atoms with Crippen molar-refractivity contribution < 1.29 is 0 Å². The van der Waals surface area contributed by atoms with Gasteiger partial charge in [-0.3, -0.25) is 0 Å². The van der Waals surface area contributed by atoms with Gasteiger partial charge in [0, 0.05) is 11.1 Å². The Hall–Kier alpha value is -0.590.